The Kier molecular flexibility index (Phi) is 3.56. The summed E-state index contributed by atoms with van der Waals surface area (Å²) in [6.07, 6.45) is 0. The van der Waals surface area contributed by atoms with Crippen molar-refractivity contribution in [1.82, 2.24) is 0 Å². The van der Waals surface area contributed by atoms with E-state index in [0.29, 0.717) is 5.02 Å². The molecule has 0 aromatic heterocycles. The van der Waals surface area contributed by atoms with Crippen molar-refractivity contribution in [3.8, 4) is 0 Å². The van der Waals surface area contributed by atoms with Crippen molar-refractivity contribution in [1.29, 1.82) is 0 Å². The average molecular weight is 322 g/mol. The van der Waals surface area contributed by atoms with Gasteiger partial charge >= 0.3 is 0 Å². The van der Waals surface area contributed by atoms with Crippen molar-refractivity contribution >= 4 is 21.4 Å². The molecule has 2 aromatic carbocycles. The third-order valence-corrected chi connectivity index (χ3v) is 6.48. The molecule has 21 heavy (non-hydrogen) atoms. The van der Waals surface area contributed by atoms with Crippen LogP contribution in [0.2, 0.25) is 5.02 Å². The van der Waals surface area contributed by atoms with Crippen LogP contribution in [0.1, 0.15) is 17.0 Å². The molecule has 1 saturated carbocycles. The lowest BCUT2D eigenvalue weighted by Crippen LogP contribution is -2.15. The number of rotatable bonds is 3. The molecule has 5 heteroatoms. The summed E-state index contributed by atoms with van der Waals surface area (Å²) < 4.78 is 25.3. The number of sulfone groups is 1. The fourth-order valence-corrected chi connectivity index (χ4v) is 4.86. The molecular formula is C16H16ClNO2S. The van der Waals surface area contributed by atoms with E-state index in [9.17, 15) is 8.42 Å². The molecule has 0 heterocycles. The molecule has 3 nitrogen and oxygen atoms in total. The number of benzene rings is 2. The van der Waals surface area contributed by atoms with Gasteiger partial charge in [-0.25, -0.2) is 8.42 Å². The summed E-state index contributed by atoms with van der Waals surface area (Å²) >= 11 is 5.81. The van der Waals surface area contributed by atoms with Crippen LogP contribution in [-0.2, 0) is 9.84 Å². The summed E-state index contributed by atoms with van der Waals surface area (Å²) in [5, 5.41) is -0.0366. The van der Waals surface area contributed by atoms with Gasteiger partial charge in [-0.15, -0.1) is 0 Å². The molecule has 0 radical (unpaired) electrons. The number of hydrogen-bond donors (Lipinski definition) is 1. The Morgan fingerprint density at radius 1 is 1.00 bits per heavy atom. The summed E-state index contributed by atoms with van der Waals surface area (Å²) in [6.45, 7) is 2.00. The fourth-order valence-electron chi connectivity index (χ4n) is 2.69. The van der Waals surface area contributed by atoms with Crippen molar-refractivity contribution in [3.63, 3.8) is 0 Å². The molecule has 110 valence electrons. The lowest BCUT2D eigenvalue weighted by atomic mass is 10.1. The molecule has 0 bridgehead atoms. The average Bonchev–Trinajstić information content (AvgIpc) is 3.12. The van der Waals surface area contributed by atoms with Crippen LogP contribution in [0.3, 0.4) is 0 Å². The van der Waals surface area contributed by atoms with Gasteiger partial charge < -0.3 is 5.73 Å². The van der Waals surface area contributed by atoms with Crippen molar-refractivity contribution in [3.05, 3.63) is 64.7 Å². The molecule has 2 aromatic rings. The zero-order valence-corrected chi connectivity index (χ0v) is 13.1. The second-order valence-corrected chi connectivity index (χ2v) is 8.02. The van der Waals surface area contributed by atoms with E-state index in [1.54, 1.807) is 12.1 Å². The minimum atomic E-state index is -3.42. The van der Waals surface area contributed by atoms with Gasteiger partial charge in [-0.05, 0) is 36.8 Å². The Morgan fingerprint density at radius 2 is 1.57 bits per heavy atom. The third-order valence-electron chi connectivity index (χ3n) is 3.97. The van der Waals surface area contributed by atoms with Crippen LogP contribution in [-0.4, -0.2) is 19.7 Å². The molecule has 1 aliphatic carbocycles. The predicted octanol–water partition coefficient (Wildman–Crippen LogP) is 2.92. The van der Waals surface area contributed by atoms with E-state index in [2.05, 4.69) is 0 Å². The Labute approximate surface area is 129 Å². The lowest BCUT2D eigenvalue weighted by Gasteiger charge is -2.04. The first-order valence-electron chi connectivity index (χ1n) is 6.73. The zero-order chi connectivity index (χ0) is 15.2. The maximum atomic E-state index is 12.6. The van der Waals surface area contributed by atoms with Gasteiger partial charge in [0.05, 0.1) is 10.1 Å². The Balaban J connectivity index is 1.91. The summed E-state index contributed by atoms with van der Waals surface area (Å²) in [5.41, 5.74) is 8.15. The normalized spacial score (nSPS) is 24.8. The Bertz CT molecular complexity index is 754. The van der Waals surface area contributed by atoms with Gasteiger partial charge in [0, 0.05) is 17.0 Å². The first kappa shape index (κ1) is 14.6. The monoisotopic (exact) mass is 321 g/mol. The first-order valence-corrected chi connectivity index (χ1v) is 8.65. The van der Waals surface area contributed by atoms with Crippen LogP contribution in [0.15, 0.2) is 53.4 Å². The highest BCUT2D eigenvalue weighted by Gasteiger charge is 2.57. The van der Waals surface area contributed by atoms with Gasteiger partial charge in [-0.2, -0.15) is 0 Å². The SMILES string of the molecule is Cc1ccc(C2C(N)C2S(=O)(=O)c2ccc(Cl)cc2)cc1. The van der Waals surface area contributed by atoms with Crippen LogP contribution in [0, 0.1) is 6.92 Å². The second-order valence-electron chi connectivity index (χ2n) is 5.48. The molecular weight excluding hydrogens is 306 g/mol. The van der Waals surface area contributed by atoms with Gasteiger partial charge in [-0.3, -0.25) is 0 Å². The topological polar surface area (TPSA) is 60.2 Å². The second kappa shape index (κ2) is 5.13. The predicted molar refractivity (Wildman–Crippen MR) is 84.3 cm³/mol. The quantitative estimate of drug-likeness (QED) is 0.945. The molecule has 0 spiro atoms. The largest absolute Gasteiger partial charge is 0.326 e. The summed E-state index contributed by atoms with van der Waals surface area (Å²) in [4.78, 5) is 0.280. The minimum Gasteiger partial charge on any atom is -0.326 e. The van der Waals surface area contributed by atoms with E-state index in [4.69, 9.17) is 17.3 Å². The fraction of sp³-hybridized carbons (Fsp3) is 0.250. The van der Waals surface area contributed by atoms with Crippen LogP contribution >= 0.6 is 11.6 Å². The first-order chi connectivity index (χ1) is 9.91. The third kappa shape index (κ3) is 2.59. The number of halogens is 1. The van der Waals surface area contributed by atoms with Crippen LogP contribution in [0.4, 0.5) is 0 Å². The highest BCUT2D eigenvalue weighted by Crippen LogP contribution is 2.47. The van der Waals surface area contributed by atoms with Crippen LogP contribution < -0.4 is 5.73 Å². The van der Waals surface area contributed by atoms with Gasteiger partial charge in [0.1, 0.15) is 0 Å². The van der Waals surface area contributed by atoms with Gasteiger partial charge in [0.15, 0.2) is 9.84 Å². The standard InChI is InChI=1S/C16H16ClNO2S/c1-10-2-4-11(5-3-10)14-15(18)16(14)21(19,20)13-8-6-12(17)7-9-13/h2-9,14-16H,18H2,1H3. The highest BCUT2D eigenvalue weighted by atomic mass is 35.5. The van der Waals surface area contributed by atoms with Crippen molar-refractivity contribution in [2.75, 3.05) is 0 Å². The summed E-state index contributed by atoms with van der Waals surface area (Å²) in [5.74, 6) is -0.133. The molecule has 3 rings (SSSR count). The Hall–Kier alpha value is -1.36. The number of nitrogens with two attached hydrogens (primary N) is 1. The Morgan fingerprint density at radius 3 is 2.14 bits per heavy atom. The molecule has 0 amide bonds. The zero-order valence-electron chi connectivity index (χ0n) is 11.5. The summed E-state index contributed by atoms with van der Waals surface area (Å²) in [6, 6.07) is 13.8. The van der Waals surface area contributed by atoms with Crippen molar-refractivity contribution < 1.29 is 8.42 Å². The van der Waals surface area contributed by atoms with E-state index >= 15 is 0 Å². The van der Waals surface area contributed by atoms with E-state index in [-0.39, 0.29) is 16.9 Å². The molecule has 0 aliphatic heterocycles. The maximum absolute atomic E-state index is 12.6. The van der Waals surface area contributed by atoms with Crippen molar-refractivity contribution in [2.24, 2.45) is 5.73 Å². The number of aryl methyl sites for hydroxylation is 1. The molecule has 0 saturated heterocycles. The molecule has 1 aliphatic rings. The highest BCUT2D eigenvalue weighted by molar-refractivity contribution is 7.92. The van der Waals surface area contributed by atoms with Gasteiger partial charge in [0.2, 0.25) is 0 Å². The number of hydrogen-bond acceptors (Lipinski definition) is 3. The van der Waals surface area contributed by atoms with E-state index in [1.807, 2.05) is 31.2 Å². The smallest absolute Gasteiger partial charge is 0.183 e. The summed E-state index contributed by atoms with van der Waals surface area (Å²) in [7, 11) is -3.42. The van der Waals surface area contributed by atoms with E-state index < -0.39 is 15.1 Å². The van der Waals surface area contributed by atoms with E-state index in [1.165, 1.54) is 12.1 Å². The van der Waals surface area contributed by atoms with E-state index in [0.717, 1.165) is 11.1 Å². The van der Waals surface area contributed by atoms with Gasteiger partial charge in [-0.1, -0.05) is 41.4 Å². The lowest BCUT2D eigenvalue weighted by molar-refractivity contribution is 0.593. The van der Waals surface area contributed by atoms with Gasteiger partial charge in [0.25, 0.3) is 0 Å². The molecule has 1 fully saturated rings. The molecule has 3 atom stereocenters. The van der Waals surface area contributed by atoms with Crippen LogP contribution in [0.5, 0.6) is 0 Å². The van der Waals surface area contributed by atoms with Crippen LogP contribution in [0.25, 0.3) is 0 Å². The maximum Gasteiger partial charge on any atom is 0.183 e. The molecule has 3 unspecified atom stereocenters. The van der Waals surface area contributed by atoms with Crippen molar-refractivity contribution in [2.45, 2.75) is 29.0 Å². The molecule has 2 N–H and O–H groups in total. The minimum absolute atomic E-state index is 0.133.